The van der Waals surface area contributed by atoms with Crippen LogP contribution in [-0.4, -0.2) is 16.6 Å². The molecule has 0 fully saturated rings. The van der Waals surface area contributed by atoms with Gasteiger partial charge in [-0.1, -0.05) is 11.6 Å². The van der Waals surface area contributed by atoms with Gasteiger partial charge in [0.05, 0.1) is 23.3 Å². The predicted molar refractivity (Wildman–Crippen MR) is 122 cm³/mol. The zero-order valence-corrected chi connectivity index (χ0v) is 17.5. The van der Waals surface area contributed by atoms with Crippen molar-refractivity contribution in [2.24, 2.45) is 0 Å². The molecule has 3 rings (SSSR count). The van der Waals surface area contributed by atoms with E-state index < -0.39 is 4.92 Å². The molecular weight excluding hydrogens is 426 g/mol. The summed E-state index contributed by atoms with van der Waals surface area (Å²) in [5, 5.41) is 18.1. The molecule has 0 atom stereocenters. The van der Waals surface area contributed by atoms with Crippen LogP contribution in [0.1, 0.15) is 6.92 Å². The first kappa shape index (κ1) is 21.4. The Kier molecular flexibility index (Phi) is 7.05. The second kappa shape index (κ2) is 9.91. The van der Waals surface area contributed by atoms with Crippen molar-refractivity contribution in [1.82, 2.24) is 0 Å². The lowest BCUT2D eigenvalue weighted by molar-refractivity contribution is -0.384. The third kappa shape index (κ3) is 6.07. The largest absolute Gasteiger partial charge is 0.494 e. The number of anilines is 2. The Morgan fingerprint density at radius 1 is 0.967 bits per heavy atom. The topological polar surface area (TPSA) is 85.7 Å². The molecule has 7 nitrogen and oxygen atoms in total. The second-order valence-corrected chi connectivity index (χ2v) is 6.91. The molecule has 0 spiro atoms. The number of non-ortho nitro benzene ring substituents is 1. The maximum atomic E-state index is 11.3. The number of rotatable bonds is 7. The fraction of sp³-hybridized carbons (Fsp3) is 0.0952. The van der Waals surface area contributed by atoms with Gasteiger partial charge in [-0.2, -0.15) is 0 Å². The number of ether oxygens (including phenoxy) is 2. The quantitative estimate of drug-likeness (QED) is 0.253. The van der Waals surface area contributed by atoms with Crippen molar-refractivity contribution in [2.75, 3.05) is 17.2 Å². The summed E-state index contributed by atoms with van der Waals surface area (Å²) >= 11 is 11.2. The number of nitrogens with one attached hydrogen (secondary N) is 2. The van der Waals surface area contributed by atoms with E-state index in [0.29, 0.717) is 23.1 Å². The first-order valence-electron chi connectivity index (χ1n) is 8.96. The summed E-state index contributed by atoms with van der Waals surface area (Å²) < 4.78 is 11.1. The van der Waals surface area contributed by atoms with Crippen molar-refractivity contribution < 1.29 is 14.4 Å². The molecule has 154 valence electrons. The first-order valence-corrected chi connectivity index (χ1v) is 9.75. The van der Waals surface area contributed by atoms with E-state index in [9.17, 15) is 10.1 Å². The minimum atomic E-state index is -0.497. The zero-order chi connectivity index (χ0) is 21.5. The van der Waals surface area contributed by atoms with Crippen molar-refractivity contribution in [1.29, 1.82) is 0 Å². The van der Waals surface area contributed by atoms with E-state index in [1.807, 2.05) is 31.2 Å². The molecule has 0 aromatic heterocycles. The van der Waals surface area contributed by atoms with Gasteiger partial charge in [-0.05, 0) is 67.7 Å². The lowest BCUT2D eigenvalue weighted by Crippen LogP contribution is -2.19. The van der Waals surface area contributed by atoms with Crippen LogP contribution in [0.2, 0.25) is 5.02 Å². The van der Waals surface area contributed by atoms with Crippen LogP contribution in [0.4, 0.5) is 17.1 Å². The first-order chi connectivity index (χ1) is 14.4. The molecule has 9 heteroatoms. The molecule has 0 aliphatic rings. The number of nitro groups is 1. The number of hydrogen-bond acceptors (Lipinski definition) is 5. The molecule has 2 N–H and O–H groups in total. The van der Waals surface area contributed by atoms with Crippen molar-refractivity contribution in [2.45, 2.75) is 6.92 Å². The van der Waals surface area contributed by atoms with Crippen LogP contribution < -0.4 is 20.1 Å². The van der Waals surface area contributed by atoms with Gasteiger partial charge in [-0.15, -0.1) is 0 Å². The number of hydrogen-bond donors (Lipinski definition) is 2. The van der Waals surface area contributed by atoms with Crippen LogP contribution >= 0.6 is 23.8 Å². The van der Waals surface area contributed by atoms with E-state index in [1.54, 1.807) is 30.3 Å². The van der Waals surface area contributed by atoms with E-state index >= 15 is 0 Å². The van der Waals surface area contributed by atoms with Gasteiger partial charge in [0, 0.05) is 22.8 Å². The molecule has 3 aromatic rings. The van der Waals surface area contributed by atoms with E-state index in [0.717, 1.165) is 11.4 Å². The zero-order valence-electron chi connectivity index (χ0n) is 15.9. The number of halogens is 1. The number of thiocarbonyl (C=S) groups is 1. The second-order valence-electron chi connectivity index (χ2n) is 6.07. The third-order valence-electron chi connectivity index (χ3n) is 3.83. The average Bonchev–Trinajstić information content (AvgIpc) is 2.71. The van der Waals surface area contributed by atoms with Gasteiger partial charge in [0.2, 0.25) is 0 Å². The molecule has 0 radical (unpaired) electrons. The van der Waals surface area contributed by atoms with Gasteiger partial charge in [0.15, 0.2) is 5.11 Å². The highest BCUT2D eigenvalue weighted by atomic mass is 35.5. The SMILES string of the molecule is CCOc1ccc(NC(=S)Nc2cc(Oc3ccc(Cl)cc3)cc([N+](=O)[O-])c2)cc1. The minimum Gasteiger partial charge on any atom is -0.494 e. The predicted octanol–water partition coefficient (Wildman–Crippen LogP) is 6.25. The highest BCUT2D eigenvalue weighted by Gasteiger charge is 2.12. The summed E-state index contributed by atoms with van der Waals surface area (Å²) in [6.07, 6.45) is 0. The fourth-order valence-electron chi connectivity index (χ4n) is 2.55. The van der Waals surface area contributed by atoms with Crippen molar-refractivity contribution in [3.05, 3.63) is 81.9 Å². The Balaban J connectivity index is 1.73. The highest BCUT2D eigenvalue weighted by molar-refractivity contribution is 7.80. The Morgan fingerprint density at radius 2 is 1.60 bits per heavy atom. The lowest BCUT2D eigenvalue weighted by Gasteiger charge is -2.13. The smallest absolute Gasteiger partial charge is 0.275 e. The molecular formula is C21H18ClN3O4S. The van der Waals surface area contributed by atoms with Gasteiger partial charge in [0.25, 0.3) is 5.69 Å². The van der Waals surface area contributed by atoms with Crippen molar-refractivity contribution in [3.63, 3.8) is 0 Å². The summed E-state index contributed by atoms with van der Waals surface area (Å²) in [6.45, 7) is 2.50. The average molecular weight is 444 g/mol. The molecule has 0 heterocycles. The molecule has 3 aromatic carbocycles. The van der Waals surface area contributed by atoms with Gasteiger partial charge in [0.1, 0.15) is 17.2 Å². The summed E-state index contributed by atoms with van der Waals surface area (Å²) in [6, 6.07) is 18.3. The maximum absolute atomic E-state index is 11.3. The minimum absolute atomic E-state index is 0.132. The maximum Gasteiger partial charge on any atom is 0.275 e. The van der Waals surface area contributed by atoms with Crippen LogP contribution in [-0.2, 0) is 0 Å². The molecule has 0 amide bonds. The molecule has 30 heavy (non-hydrogen) atoms. The molecule has 0 bridgehead atoms. The highest BCUT2D eigenvalue weighted by Crippen LogP contribution is 2.30. The Labute approximate surface area is 183 Å². The normalized spacial score (nSPS) is 10.2. The monoisotopic (exact) mass is 443 g/mol. The van der Waals surface area contributed by atoms with Gasteiger partial charge >= 0.3 is 0 Å². The van der Waals surface area contributed by atoms with Crippen LogP contribution in [0, 0.1) is 10.1 Å². The van der Waals surface area contributed by atoms with Gasteiger partial charge in [-0.25, -0.2) is 0 Å². The Morgan fingerprint density at radius 3 is 2.23 bits per heavy atom. The molecule has 0 aliphatic carbocycles. The molecule has 0 aliphatic heterocycles. The van der Waals surface area contributed by atoms with E-state index in [2.05, 4.69) is 10.6 Å². The van der Waals surface area contributed by atoms with Crippen LogP contribution in [0.5, 0.6) is 17.2 Å². The van der Waals surface area contributed by atoms with Crippen LogP contribution in [0.15, 0.2) is 66.7 Å². The number of benzene rings is 3. The molecule has 0 saturated heterocycles. The summed E-state index contributed by atoms with van der Waals surface area (Å²) in [4.78, 5) is 10.8. The Hall–Kier alpha value is -3.36. The van der Waals surface area contributed by atoms with E-state index in [4.69, 9.17) is 33.3 Å². The van der Waals surface area contributed by atoms with Crippen molar-refractivity contribution in [3.8, 4) is 17.2 Å². The fourth-order valence-corrected chi connectivity index (χ4v) is 2.91. The Bertz CT molecular complexity index is 1040. The van der Waals surface area contributed by atoms with Crippen molar-refractivity contribution >= 4 is 46.0 Å². The molecule has 0 saturated carbocycles. The third-order valence-corrected chi connectivity index (χ3v) is 4.29. The summed E-state index contributed by atoms with van der Waals surface area (Å²) in [7, 11) is 0. The van der Waals surface area contributed by atoms with E-state index in [-0.39, 0.29) is 16.5 Å². The molecule has 0 unspecified atom stereocenters. The summed E-state index contributed by atoms with van der Waals surface area (Å²) in [5.74, 6) is 1.54. The van der Waals surface area contributed by atoms with Gasteiger partial charge < -0.3 is 20.1 Å². The number of nitrogens with zero attached hydrogens (tertiary/aromatic N) is 1. The number of nitro benzene ring substituents is 1. The standard InChI is InChI=1S/C21H18ClN3O4S/c1-2-28-18-9-5-15(6-10-18)23-21(30)24-16-11-17(25(26)27)13-20(12-16)29-19-7-3-14(22)4-8-19/h3-13H,2H2,1H3,(H2,23,24,30). The van der Waals surface area contributed by atoms with Crippen LogP contribution in [0.3, 0.4) is 0 Å². The van der Waals surface area contributed by atoms with Gasteiger partial charge in [-0.3, -0.25) is 10.1 Å². The van der Waals surface area contributed by atoms with E-state index in [1.165, 1.54) is 12.1 Å². The van der Waals surface area contributed by atoms with Crippen LogP contribution in [0.25, 0.3) is 0 Å². The summed E-state index contributed by atoms with van der Waals surface area (Å²) in [5.41, 5.74) is 1.03. The lowest BCUT2D eigenvalue weighted by atomic mass is 10.2.